The van der Waals surface area contributed by atoms with Crippen molar-refractivity contribution in [2.24, 2.45) is 0 Å². The number of H-pyrrole nitrogens is 1. The predicted octanol–water partition coefficient (Wildman–Crippen LogP) is 2.09. The Labute approximate surface area is 132 Å². The first-order chi connectivity index (χ1) is 11.1. The summed E-state index contributed by atoms with van der Waals surface area (Å²) in [5.74, 6) is -0.770. The van der Waals surface area contributed by atoms with Crippen molar-refractivity contribution in [2.45, 2.75) is 18.9 Å². The summed E-state index contributed by atoms with van der Waals surface area (Å²) in [6.45, 7) is 1.12. The van der Waals surface area contributed by atoms with E-state index in [9.17, 15) is 14.0 Å². The minimum Gasteiger partial charge on any atom is -0.376 e. The van der Waals surface area contributed by atoms with Crippen LogP contribution in [0.5, 0.6) is 0 Å². The van der Waals surface area contributed by atoms with Gasteiger partial charge in [0.1, 0.15) is 11.4 Å². The number of nitrogens with one attached hydrogen (secondary N) is 2. The van der Waals surface area contributed by atoms with Crippen LogP contribution in [0.3, 0.4) is 0 Å². The fourth-order valence-corrected chi connectivity index (χ4v) is 2.56. The van der Waals surface area contributed by atoms with E-state index < -0.39 is 11.5 Å². The highest BCUT2D eigenvalue weighted by atomic mass is 19.1. The summed E-state index contributed by atoms with van der Waals surface area (Å²) in [7, 11) is 0. The average molecular weight is 316 g/mol. The van der Waals surface area contributed by atoms with Crippen molar-refractivity contribution in [2.75, 3.05) is 13.2 Å². The van der Waals surface area contributed by atoms with Gasteiger partial charge in [0, 0.05) is 18.8 Å². The lowest BCUT2D eigenvalue weighted by Crippen LogP contribution is -2.35. The molecule has 3 rings (SSSR count). The average Bonchev–Trinajstić information content (AvgIpc) is 3.06. The van der Waals surface area contributed by atoms with Gasteiger partial charge in [-0.15, -0.1) is 0 Å². The van der Waals surface area contributed by atoms with Gasteiger partial charge < -0.3 is 15.0 Å². The van der Waals surface area contributed by atoms with E-state index >= 15 is 0 Å². The summed E-state index contributed by atoms with van der Waals surface area (Å²) >= 11 is 0. The molecule has 1 fully saturated rings. The van der Waals surface area contributed by atoms with Crippen LogP contribution in [0.25, 0.3) is 11.3 Å². The van der Waals surface area contributed by atoms with Crippen molar-refractivity contribution >= 4 is 5.91 Å². The molecular formula is C17H17FN2O3. The van der Waals surface area contributed by atoms with Crippen molar-refractivity contribution in [3.63, 3.8) is 0 Å². The monoisotopic (exact) mass is 316 g/mol. The number of pyridine rings is 1. The molecule has 0 radical (unpaired) electrons. The van der Waals surface area contributed by atoms with Crippen LogP contribution >= 0.6 is 0 Å². The highest BCUT2D eigenvalue weighted by Crippen LogP contribution is 2.16. The lowest BCUT2D eigenvalue weighted by molar-refractivity contribution is 0.0856. The summed E-state index contributed by atoms with van der Waals surface area (Å²) in [6.07, 6.45) is 1.93. The van der Waals surface area contributed by atoms with Crippen molar-refractivity contribution < 1.29 is 13.9 Å². The molecule has 0 saturated carbocycles. The fourth-order valence-electron chi connectivity index (χ4n) is 2.56. The van der Waals surface area contributed by atoms with Gasteiger partial charge in [-0.2, -0.15) is 0 Å². The first kappa shape index (κ1) is 15.4. The molecule has 0 unspecified atom stereocenters. The van der Waals surface area contributed by atoms with E-state index in [0.717, 1.165) is 12.8 Å². The van der Waals surface area contributed by atoms with Crippen LogP contribution in [0, 0.1) is 5.82 Å². The zero-order valence-corrected chi connectivity index (χ0v) is 12.5. The third kappa shape index (κ3) is 3.65. The number of halogens is 1. The minimum atomic E-state index is -0.475. The maximum absolute atomic E-state index is 12.9. The molecule has 0 spiro atoms. The Morgan fingerprint density at radius 3 is 2.70 bits per heavy atom. The topological polar surface area (TPSA) is 71.2 Å². The first-order valence-electron chi connectivity index (χ1n) is 7.52. The smallest absolute Gasteiger partial charge is 0.261 e. The van der Waals surface area contributed by atoms with Crippen LogP contribution in [0.2, 0.25) is 0 Å². The highest BCUT2D eigenvalue weighted by Gasteiger charge is 2.18. The molecule has 1 aromatic carbocycles. The molecule has 5 nitrogen and oxygen atoms in total. The van der Waals surface area contributed by atoms with Crippen LogP contribution in [0.4, 0.5) is 4.39 Å². The number of hydrogen-bond acceptors (Lipinski definition) is 3. The largest absolute Gasteiger partial charge is 0.376 e. The fraction of sp³-hybridized carbons (Fsp3) is 0.294. The molecule has 0 aliphatic carbocycles. The van der Waals surface area contributed by atoms with Crippen LogP contribution in [0.1, 0.15) is 23.2 Å². The SMILES string of the molecule is O=C(NC[C@@H]1CCCO1)c1ccc(-c2ccc(F)cc2)[nH]c1=O. The van der Waals surface area contributed by atoms with E-state index in [2.05, 4.69) is 10.3 Å². The Kier molecular flexibility index (Phi) is 4.52. The number of amides is 1. The molecule has 2 heterocycles. The number of carbonyl (C=O) groups excluding carboxylic acids is 1. The van der Waals surface area contributed by atoms with Crippen molar-refractivity contribution in [1.82, 2.24) is 10.3 Å². The Bertz CT molecular complexity index is 749. The molecule has 120 valence electrons. The maximum Gasteiger partial charge on any atom is 0.261 e. The quantitative estimate of drug-likeness (QED) is 0.907. The molecule has 1 atom stereocenters. The third-order valence-corrected chi connectivity index (χ3v) is 3.82. The van der Waals surface area contributed by atoms with Crippen LogP contribution < -0.4 is 10.9 Å². The molecule has 23 heavy (non-hydrogen) atoms. The first-order valence-corrected chi connectivity index (χ1v) is 7.52. The van der Waals surface area contributed by atoms with E-state index in [4.69, 9.17) is 4.74 Å². The molecule has 2 N–H and O–H groups in total. The lowest BCUT2D eigenvalue weighted by Gasteiger charge is -2.10. The van der Waals surface area contributed by atoms with Crippen molar-refractivity contribution in [1.29, 1.82) is 0 Å². The molecule has 2 aromatic rings. The number of aromatic amines is 1. The van der Waals surface area contributed by atoms with Gasteiger partial charge in [-0.3, -0.25) is 9.59 Å². The molecule has 6 heteroatoms. The van der Waals surface area contributed by atoms with Gasteiger partial charge in [-0.25, -0.2) is 4.39 Å². The zero-order valence-electron chi connectivity index (χ0n) is 12.5. The van der Waals surface area contributed by atoms with E-state index in [0.29, 0.717) is 24.4 Å². The maximum atomic E-state index is 12.9. The van der Waals surface area contributed by atoms with Gasteiger partial charge >= 0.3 is 0 Å². The van der Waals surface area contributed by atoms with E-state index in [1.54, 1.807) is 18.2 Å². The van der Waals surface area contributed by atoms with Crippen LogP contribution in [-0.2, 0) is 4.74 Å². The number of benzene rings is 1. The second-order valence-corrected chi connectivity index (χ2v) is 5.47. The molecule has 0 bridgehead atoms. The number of carbonyl (C=O) groups is 1. The number of ether oxygens (including phenoxy) is 1. The summed E-state index contributed by atoms with van der Waals surface area (Å²) in [5.41, 5.74) is 0.783. The normalized spacial score (nSPS) is 17.2. The van der Waals surface area contributed by atoms with Gasteiger partial charge in [0.05, 0.1) is 6.10 Å². The molecule has 1 saturated heterocycles. The van der Waals surface area contributed by atoms with E-state index in [-0.39, 0.29) is 17.5 Å². The van der Waals surface area contributed by atoms with Gasteiger partial charge in [-0.05, 0) is 54.8 Å². The Morgan fingerprint density at radius 1 is 1.26 bits per heavy atom. The number of rotatable bonds is 4. The van der Waals surface area contributed by atoms with E-state index in [1.165, 1.54) is 18.2 Å². The van der Waals surface area contributed by atoms with E-state index in [1.807, 2.05) is 0 Å². The standard InChI is InChI=1S/C17H17FN2O3/c18-12-5-3-11(4-6-12)15-8-7-14(17(22)20-15)16(21)19-10-13-2-1-9-23-13/h3-8,13H,1-2,9-10H2,(H,19,21)(H,20,22)/t13-/m0/s1. The van der Waals surface area contributed by atoms with Crippen LogP contribution in [0.15, 0.2) is 41.2 Å². The molecule has 1 aromatic heterocycles. The minimum absolute atomic E-state index is 0.0246. The van der Waals surface area contributed by atoms with Gasteiger partial charge in [0.15, 0.2) is 0 Å². The second kappa shape index (κ2) is 6.75. The number of hydrogen-bond donors (Lipinski definition) is 2. The third-order valence-electron chi connectivity index (χ3n) is 3.82. The highest BCUT2D eigenvalue weighted by molar-refractivity contribution is 5.94. The zero-order chi connectivity index (χ0) is 16.2. The Morgan fingerprint density at radius 2 is 2.04 bits per heavy atom. The molecule has 1 aliphatic rings. The second-order valence-electron chi connectivity index (χ2n) is 5.47. The van der Waals surface area contributed by atoms with Crippen molar-refractivity contribution in [3.8, 4) is 11.3 Å². The molecular weight excluding hydrogens is 299 g/mol. The number of aromatic nitrogens is 1. The van der Waals surface area contributed by atoms with Crippen LogP contribution in [-0.4, -0.2) is 30.1 Å². The summed E-state index contributed by atoms with van der Waals surface area (Å²) < 4.78 is 18.4. The Hall–Kier alpha value is -2.47. The predicted molar refractivity (Wildman–Crippen MR) is 83.8 cm³/mol. The van der Waals surface area contributed by atoms with Crippen molar-refractivity contribution in [3.05, 3.63) is 58.1 Å². The summed E-state index contributed by atoms with van der Waals surface area (Å²) in [6, 6.07) is 8.87. The lowest BCUT2D eigenvalue weighted by atomic mass is 10.1. The summed E-state index contributed by atoms with van der Waals surface area (Å²) in [4.78, 5) is 26.8. The van der Waals surface area contributed by atoms with Gasteiger partial charge in [0.25, 0.3) is 11.5 Å². The summed E-state index contributed by atoms with van der Waals surface area (Å²) in [5, 5.41) is 2.71. The van der Waals surface area contributed by atoms with Gasteiger partial charge in [0.2, 0.25) is 0 Å². The Balaban J connectivity index is 1.72. The molecule has 1 aliphatic heterocycles. The van der Waals surface area contributed by atoms with Gasteiger partial charge in [-0.1, -0.05) is 0 Å². The molecule has 1 amide bonds.